The summed E-state index contributed by atoms with van der Waals surface area (Å²) in [5, 5.41) is 9.38. The second-order valence-electron chi connectivity index (χ2n) is 6.72. The van der Waals surface area contributed by atoms with Crippen molar-refractivity contribution in [2.75, 3.05) is 0 Å². The van der Waals surface area contributed by atoms with Crippen LogP contribution < -0.4 is 0 Å². The van der Waals surface area contributed by atoms with Crippen molar-refractivity contribution in [3.63, 3.8) is 0 Å². The Morgan fingerprint density at radius 1 is 1.15 bits per heavy atom. The molecule has 1 unspecified atom stereocenters. The molecule has 2 aromatic rings. The highest BCUT2D eigenvalue weighted by Gasteiger charge is 2.31. The van der Waals surface area contributed by atoms with Gasteiger partial charge in [-0.05, 0) is 35.6 Å². The average Bonchev–Trinajstić information content (AvgIpc) is 3.10. The maximum absolute atomic E-state index is 11.4. The smallest absolute Gasteiger partial charge is 0.336 e. The van der Waals surface area contributed by atoms with E-state index in [2.05, 4.69) is 16.9 Å². The molecule has 0 aromatic heterocycles. The maximum atomic E-state index is 11.4. The van der Waals surface area contributed by atoms with E-state index in [1.165, 1.54) is 0 Å². The number of carboxylic acids is 1. The lowest BCUT2D eigenvalue weighted by Gasteiger charge is -2.23. The SMILES string of the molecule is CCCCC1(Cc2ccc(-c3ccccc3C(=O)O)cc2)N=CC(C=O)=N1. The standard InChI is InChI=1S/C22H22N2O3/c1-2-3-12-22(23-14-18(15-25)24-22)13-16-8-10-17(11-9-16)19-6-4-5-7-20(19)21(26)27/h4-11,14-15H,2-3,12-13H2,1H3,(H,26,27). The highest BCUT2D eigenvalue weighted by molar-refractivity contribution is 6.55. The average molecular weight is 362 g/mol. The van der Waals surface area contributed by atoms with Crippen molar-refractivity contribution in [3.8, 4) is 11.1 Å². The lowest BCUT2D eigenvalue weighted by molar-refractivity contribution is -0.102. The molecule has 0 fully saturated rings. The molecule has 1 aliphatic heterocycles. The minimum absolute atomic E-state index is 0.283. The third-order valence-electron chi connectivity index (χ3n) is 4.74. The molecule has 0 bridgehead atoms. The summed E-state index contributed by atoms with van der Waals surface area (Å²) in [6.07, 6.45) is 5.72. The van der Waals surface area contributed by atoms with Crippen LogP contribution in [0.2, 0.25) is 0 Å². The summed E-state index contributed by atoms with van der Waals surface area (Å²) in [6.45, 7) is 2.12. The fourth-order valence-electron chi connectivity index (χ4n) is 3.35. The summed E-state index contributed by atoms with van der Waals surface area (Å²) < 4.78 is 0. The zero-order valence-electron chi connectivity index (χ0n) is 15.3. The van der Waals surface area contributed by atoms with Gasteiger partial charge in [-0.1, -0.05) is 55.8 Å². The zero-order valence-corrected chi connectivity index (χ0v) is 15.3. The van der Waals surface area contributed by atoms with Crippen molar-refractivity contribution < 1.29 is 14.7 Å². The largest absolute Gasteiger partial charge is 0.478 e. The van der Waals surface area contributed by atoms with Crippen LogP contribution in [0.15, 0.2) is 58.5 Å². The van der Waals surface area contributed by atoms with Crippen LogP contribution in [0.4, 0.5) is 0 Å². The monoisotopic (exact) mass is 362 g/mol. The number of carboxylic acid groups (broad SMARTS) is 1. The summed E-state index contributed by atoms with van der Waals surface area (Å²) in [6, 6.07) is 14.8. The summed E-state index contributed by atoms with van der Waals surface area (Å²) in [5.74, 6) is -0.941. The number of nitrogens with zero attached hydrogens (tertiary/aromatic N) is 2. The number of rotatable bonds is 8. The molecule has 0 radical (unpaired) electrons. The van der Waals surface area contributed by atoms with E-state index in [1.807, 2.05) is 36.4 Å². The molecule has 1 atom stereocenters. The van der Waals surface area contributed by atoms with Crippen LogP contribution in [-0.4, -0.2) is 35.0 Å². The first-order valence-electron chi connectivity index (χ1n) is 9.09. The molecule has 27 heavy (non-hydrogen) atoms. The minimum Gasteiger partial charge on any atom is -0.478 e. The van der Waals surface area contributed by atoms with Gasteiger partial charge in [0.2, 0.25) is 0 Å². The Hall–Kier alpha value is -3.08. The Balaban J connectivity index is 1.85. The molecular weight excluding hydrogens is 340 g/mol. The molecule has 0 amide bonds. The highest BCUT2D eigenvalue weighted by atomic mass is 16.4. The van der Waals surface area contributed by atoms with Crippen LogP contribution in [0.25, 0.3) is 11.1 Å². The molecule has 0 saturated carbocycles. The number of aldehydes is 1. The van der Waals surface area contributed by atoms with Crippen molar-refractivity contribution in [1.29, 1.82) is 0 Å². The van der Waals surface area contributed by atoms with Crippen molar-refractivity contribution in [2.24, 2.45) is 9.98 Å². The predicted molar refractivity (Wildman–Crippen MR) is 107 cm³/mol. The van der Waals surface area contributed by atoms with E-state index in [1.54, 1.807) is 18.3 Å². The minimum atomic E-state index is -0.941. The Morgan fingerprint density at radius 3 is 2.52 bits per heavy atom. The number of unbranched alkanes of at least 4 members (excludes halogenated alkanes) is 1. The number of carbonyl (C=O) groups is 2. The molecule has 138 valence electrons. The molecule has 0 saturated heterocycles. The Morgan fingerprint density at radius 2 is 1.89 bits per heavy atom. The lowest BCUT2D eigenvalue weighted by Crippen LogP contribution is -2.25. The van der Waals surface area contributed by atoms with Crippen molar-refractivity contribution >= 4 is 24.2 Å². The fourth-order valence-corrected chi connectivity index (χ4v) is 3.35. The number of hydrogen-bond acceptors (Lipinski definition) is 4. The maximum Gasteiger partial charge on any atom is 0.336 e. The van der Waals surface area contributed by atoms with Crippen molar-refractivity contribution in [2.45, 2.75) is 38.3 Å². The normalized spacial score (nSPS) is 18.3. The van der Waals surface area contributed by atoms with Gasteiger partial charge in [-0.25, -0.2) is 4.79 Å². The van der Waals surface area contributed by atoms with Crippen LogP contribution in [0.3, 0.4) is 0 Å². The third kappa shape index (κ3) is 4.19. The van der Waals surface area contributed by atoms with Crippen LogP contribution in [-0.2, 0) is 11.2 Å². The summed E-state index contributed by atoms with van der Waals surface area (Å²) in [4.78, 5) is 31.5. The van der Waals surface area contributed by atoms with E-state index >= 15 is 0 Å². The van der Waals surface area contributed by atoms with Gasteiger partial charge in [0.1, 0.15) is 5.71 Å². The van der Waals surface area contributed by atoms with Crippen LogP contribution in [0, 0.1) is 0 Å². The first kappa shape index (κ1) is 18.7. The van der Waals surface area contributed by atoms with Gasteiger partial charge in [0.25, 0.3) is 0 Å². The number of benzene rings is 2. The van der Waals surface area contributed by atoms with Gasteiger partial charge in [0, 0.05) is 6.42 Å². The molecule has 1 aliphatic rings. The summed E-state index contributed by atoms with van der Waals surface area (Å²) >= 11 is 0. The first-order chi connectivity index (χ1) is 13.1. The second-order valence-corrected chi connectivity index (χ2v) is 6.72. The van der Waals surface area contributed by atoms with Crippen LogP contribution >= 0.6 is 0 Å². The first-order valence-corrected chi connectivity index (χ1v) is 9.09. The van der Waals surface area contributed by atoms with Crippen molar-refractivity contribution in [3.05, 3.63) is 59.7 Å². The highest BCUT2D eigenvalue weighted by Crippen LogP contribution is 2.30. The van der Waals surface area contributed by atoms with Crippen LogP contribution in [0.5, 0.6) is 0 Å². The van der Waals surface area contributed by atoms with Crippen LogP contribution in [0.1, 0.15) is 42.1 Å². The number of carbonyl (C=O) groups excluding carboxylic acids is 1. The molecular formula is C22H22N2O3. The van der Waals surface area contributed by atoms with Crippen molar-refractivity contribution in [1.82, 2.24) is 0 Å². The van der Waals surface area contributed by atoms with Gasteiger partial charge < -0.3 is 5.11 Å². The molecule has 5 nitrogen and oxygen atoms in total. The van der Waals surface area contributed by atoms with E-state index in [0.29, 0.717) is 17.7 Å². The van der Waals surface area contributed by atoms with E-state index in [4.69, 9.17) is 0 Å². The van der Waals surface area contributed by atoms with E-state index in [0.717, 1.165) is 36.7 Å². The molecule has 2 aromatic carbocycles. The summed E-state index contributed by atoms with van der Waals surface area (Å²) in [7, 11) is 0. The fraction of sp³-hybridized carbons (Fsp3) is 0.273. The lowest BCUT2D eigenvalue weighted by atomic mass is 9.93. The molecule has 3 rings (SSSR count). The number of aromatic carboxylic acids is 1. The van der Waals surface area contributed by atoms with E-state index in [9.17, 15) is 14.7 Å². The Kier molecular flexibility index (Phi) is 5.60. The van der Waals surface area contributed by atoms with Gasteiger partial charge in [0.05, 0.1) is 11.8 Å². The Labute approximate surface area is 158 Å². The number of hydrogen-bond donors (Lipinski definition) is 1. The predicted octanol–water partition coefficient (Wildman–Crippen LogP) is 4.21. The van der Waals surface area contributed by atoms with Gasteiger partial charge in [-0.15, -0.1) is 0 Å². The Bertz CT molecular complexity index is 900. The molecule has 0 spiro atoms. The van der Waals surface area contributed by atoms with E-state index in [-0.39, 0.29) is 5.56 Å². The molecule has 5 heteroatoms. The molecule has 1 N–H and O–H groups in total. The third-order valence-corrected chi connectivity index (χ3v) is 4.74. The summed E-state index contributed by atoms with van der Waals surface area (Å²) in [5.41, 5.74) is 2.66. The van der Waals surface area contributed by atoms with E-state index < -0.39 is 11.6 Å². The topological polar surface area (TPSA) is 79.1 Å². The van der Waals surface area contributed by atoms with Gasteiger partial charge >= 0.3 is 5.97 Å². The van der Waals surface area contributed by atoms with Gasteiger partial charge in [-0.2, -0.15) is 0 Å². The quantitative estimate of drug-likeness (QED) is 0.715. The van der Waals surface area contributed by atoms with Gasteiger partial charge in [-0.3, -0.25) is 14.8 Å². The van der Waals surface area contributed by atoms with Gasteiger partial charge in [0.15, 0.2) is 11.9 Å². The molecule has 0 aliphatic carbocycles. The second kappa shape index (κ2) is 8.08. The molecule has 1 heterocycles. The number of aliphatic imine (C=N–C) groups is 2. The zero-order chi connectivity index (χ0) is 19.3.